The van der Waals surface area contributed by atoms with Crippen molar-refractivity contribution in [1.82, 2.24) is 0 Å². The molecule has 0 spiro atoms. The minimum atomic E-state index is -0.794. The summed E-state index contributed by atoms with van der Waals surface area (Å²) in [6.45, 7) is 6.39. The Hall–Kier alpha value is -3.67. The molecule has 0 fully saturated rings. The van der Waals surface area contributed by atoms with Crippen LogP contribution < -0.4 is 0 Å². The Bertz CT molecular complexity index is 1380. The van der Waals surface area contributed by atoms with Gasteiger partial charge in [0.2, 0.25) is 0 Å². The monoisotopic (exact) mass is 959 g/mol. The highest BCUT2D eigenvalue weighted by atomic mass is 16.6. The summed E-state index contributed by atoms with van der Waals surface area (Å²) in [5.41, 5.74) is 0. The van der Waals surface area contributed by atoms with Crippen LogP contribution in [0, 0.1) is 0 Å². The maximum absolute atomic E-state index is 12.9. The lowest BCUT2D eigenvalue weighted by Crippen LogP contribution is -2.30. The van der Waals surface area contributed by atoms with Gasteiger partial charge >= 0.3 is 17.9 Å². The third kappa shape index (κ3) is 55.1. The molecule has 69 heavy (non-hydrogen) atoms. The van der Waals surface area contributed by atoms with Crippen molar-refractivity contribution in [2.24, 2.45) is 0 Å². The van der Waals surface area contributed by atoms with Crippen LogP contribution in [-0.4, -0.2) is 37.2 Å². The molecule has 0 aromatic heterocycles. The summed E-state index contributed by atoms with van der Waals surface area (Å²) in [4.78, 5) is 38.2. The minimum Gasteiger partial charge on any atom is -0.462 e. The van der Waals surface area contributed by atoms with Crippen LogP contribution in [0.25, 0.3) is 0 Å². The highest BCUT2D eigenvalue weighted by Crippen LogP contribution is 2.15. The van der Waals surface area contributed by atoms with E-state index in [1.807, 2.05) is 0 Å². The number of unbranched alkanes of at least 4 members (excludes halogenated alkanes) is 24. The van der Waals surface area contributed by atoms with E-state index in [2.05, 4.69) is 118 Å². The second kappa shape index (κ2) is 56.9. The van der Waals surface area contributed by atoms with Gasteiger partial charge in [-0.3, -0.25) is 14.4 Å². The molecule has 0 rings (SSSR count). The van der Waals surface area contributed by atoms with Gasteiger partial charge in [0.05, 0.1) is 0 Å². The fraction of sp³-hybridized carbons (Fsp3) is 0.698. The molecule has 0 aromatic rings. The van der Waals surface area contributed by atoms with E-state index in [0.29, 0.717) is 19.3 Å². The SMILES string of the molecule is CC/C=C\C/C=C\C/C=C\C/C=C\CCCCCCCCC(=O)OCC(COC(=O)CCCCC/C=C\CCCCCCCC)OC(=O)CCCCCCCCCCC/C=C\C/C=C\C/C=C\CC. The van der Waals surface area contributed by atoms with Crippen LogP contribution in [0.5, 0.6) is 0 Å². The number of rotatable bonds is 51. The summed E-state index contributed by atoms with van der Waals surface area (Å²) in [6.07, 6.45) is 75.4. The van der Waals surface area contributed by atoms with Gasteiger partial charge in [0.1, 0.15) is 13.2 Å². The highest BCUT2D eigenvalue weighted by Gasteiger charge is 2.19. The van der Waals surface area contributed by atoms with Crippen molar-refractivity contribution in [3.8, 4) is 0 Å². The van der Waals surface area contributed by atoms with Crippen molar-refractivity contribution in [2.45, 2.75) is 271 Å². The molecule has 0 N–H and O–H groups in total. The predicted octanol–water partition coefficient (Wildman–Crippen LogP) is 19.3. The first-order chi connectivity index (χ1) is 34.0. The number of esters is 3. The molecule has 0 aliphatic carbocycles. The van der Waals surface area contributed by atoms with Crippen LogP contribution in [0.1, 0.15) is 265 Å². The summed E-state index contributed by atoms with van der Waals surface area (Å²) < 4.78 is 16.8. The molecule has 6 nitrogen and oxygen atoms in total. The molecule has 0 saturated carbocycles. The third-order valence-electron chi connectivity index (χ3n) is 12.1. The molecular weight excluding hydrogens is 853 g/mol. The lowest BCUT2D eigenvalue weighted by molar-refractivity contribution is -0.167. The van der Waals surface area contributed by atoms with E-state index in [9.17, 15) is 14.4 Å². The largest absolute Gasteiger partial charge is 0.462 e. The molecule has 1 unspecified atom stereocenters. The topological polar surface area (TPSA) is 78.9 Å². The zero-order valence-electron chi connectivity index (χ0n) is 45.0. The van der Waals surface area contributed by atoms with E-state index in [0.717, 1.165) is 128 Å². The van der Waals surface area contributed by atoms with Crippen molar-refractivity contribution in [1.29, 1.82) is 0 Å². The molecule has 0 aliphatic heterocycles. The summed E-state index contributed by atoms with van der Waals surface area (Å²) >= 11 is 0. The average Bonchev–Trinajstić information content (AvgIpc) is 3.35. The van der Waals surface area contributed by atoms with Crippen molar-refractivity contribution >= 4 is 17.9 Å². The first-order valence-corrected chi connectivity index (χ1v) is 28.7. The maximum Gasteiger partial charge on any atom is 0.306 e. The lowest BCUT2D eigenvalue weighted by Gasteiger charge is -2.18. The van der Waals surface area contributed by atoms with Crippen LogP contribution in [-0.2, 0) is 28.6 Å². The summed E-state index contributed by atoms with van der Waals surface area (Å²) in [7, 11) is 0. The van der Waals surface area contributed by atoms with Gasteiger partial charge in [0, 0.05) is 19.3 Å². The van der Waals surface area contributed by atoms with E-state index in [4.69, 9.17) is 14.2 Å². The minimum absolute atomic E-state index is 0.0922. The summed E-state index contributed by atoms with van der Waals surface area (Å²) in [5, 5.41) is 0. The summed E-state index contributed by atoms with van der Waals surface area (Å²) in [5.74, 6) is -0.923. The molecule has 6 heteroatoms. The molecule has 0 aromatic carbocycles. The van der Waals surface area contributed by atoms with Crippen LogP contribution in [0.15, 0.2) is 97.2 Å². The zero-order chi connectivity index (χ0) is 50.0. The second-order valence-corrected chi connectivity index (χ2v) is 18.8. The van der Waals surface area contributed by atoms with E-state index >= 15 is 0 Å². The molecule has 0 radical (unpaired) electrons. The van der Waals surface area contributed by atoms with Crippen molar-refractivity contribution < 1.29 is 28.6 Å². The Kier molecular flexibility index (Phi) is 53.9. The van der Waals surface area contributed by atoms with Gasteiger partial charge in [-0.2, -0.15) is 0 Å². The molecule has 0 saturated heterocycles. The highest BCUT2D eigenvalue weighted by molar-refractivity contribution is 5.71. The first-order valence-electron chi connectivity index (χ1n) is 28.7. The van der Waals surface area contributed by atoms with E-state index in [-0.39, 0.29) is 31.1 Å². The molecule has 1 atom stereocenters. The number of allylic oxidation sites excluding steroid dienone is 16. The van der Waals surface area contributed by atoms with Crippen molar-refractivity contribution in [3.05, 3.63) is 97.2 Å². The van der Waals surface area contributed by atoms with Crippen LogP contribution in [0.2, 0.25) is 0 Å². The van der Waals surface area contributed by atoms with E-state index in [1.165, 1.54) is 96.3 Å². The summed E-state index contributed by atoms with van der Waals surface area (Å²) in [6, 6.07) is 0. The van der Waals surface area contributed by atoms with Gasteiger partial charge in [-0.15, -0.1) is 0 Å². The van der Waals surface area contributed by atoms with Gasteiger partial charge in [0.15, 0.2) is 6.10 Å². The standard InChI is InChI=1S/C63H106O6/c1-4-7-10-13-16-19-22-25-27-29-31-33-35-38-41-44-47-50-53-56-62(65)68-59-60(58-67-61(64)55-52-49-46-43-40-37-24-21-18-15-12-9-6-3)69-63(66)57-54-51-48-45-42-39-36-34-32-30-28-26-23-20-17-14-11-8-5-2/h7-8,10-11,16-17,19-20,25-28,31,33,37,40,60H,4-6,9,12-15,18,21-24,29-30,32,34-36,38-39,41-59H2,1-3H3/b10-7-,11-8-,19-16-,20-17-,27-25-,28-26-,33-31-,40-37-. The Labute approximate surface area is 426 Å². The van der Waals surface area contributed by atoms with E-state index in [1.54, 1.807) is 0 Å². The Morgan fingerprint density at radius 2 is 0.565 bits per heavy atom. The molecule has 0 amide bonds. The normalized spacial score (nSPS) is 12.8. The number of carbonyl (C=O) groups excluding carboxylic acids is 3. The molecule has 394 valence electrons. The first kappa shape index (κ1) is 65.3. The number of carbonyl (C=O) groups is 3. The van der Waals surface area contributed by atoms with Gasteiger partial charge in [-0.1, -0.05) is 227 Å². The molecule has 0 aliphatic rings. The average molecular weight is 960 g/mol. The fourth-order valence-corrected chi connectivity index (χ4v) is 7.80. The quantitative estimate of drug-likeness (QED) is 0.0262. The van der Waals surface area contributed by atoms with E-state index < -0.39 is 6.10 Å². The van der Waals surface area contributed by atoms with Gasteiger partial charge in [-0.25, -0.2) is 0 Å². The van der Waals surface area contributed by atoms with Crippen LogP contribution >= 0.6 is 0 Å². The molecule has 0 bridgehead atoms. The number of hydrogen-bond acceptors (Lipinski definition) is 6. The molecular formula is C63H106O6. The zero-order valence-corrected chi connectivity index (χ0v) is 45.0. The maximum atomic E-state index is 12.9. The van der Waals surface area contributed by atoms with Gasteiger partial charge < -0.3 is 14.2 Å². The van der Waals surface area contributed by atoms with Crippen LogP contribution in [0.4, 0.5) is 0 Å². The van der Waals surface area contributed by atoms with Gasteiger partial charge in [-0.05, 0) is 116 Å². The smallest absolute Gasteiger partial charge is 0.306 e. The Balaban J connectivity index is 4.42. The lowest BCUT2D eigenvalue weighted by atomic mass is 10.1. The number of ether oxygens (including phenoxy) is 3. The predicted molar refractivity (Wildman–Crippen MR) is 297 cm³/mol. The Morgan fingerprint density at radius 3 is 0.913 bits per heavy atom. The fourth-order valence-electron chi connectivity index (χ4n) is 7.80. The van der Waals surface area contributed by atoms with Crippen molar-refractivity contribution in [3.63, 3.8) is 0 Å². The van der Waals surface area contributed by atoms with Crippen LogP contribution in [0.3, 0.4) is 0 Å². The molecule has 0 heterocycles. The third-order valence-corrected chi connectivity index (χ3v) is 12.1. The van der Waals surface area contributed by atoms with Crippen molar-refractivity contribution in [2.75, 3.05) is 13.2 Å². The Morgan fingerprint density at radius 1 is 0.304 bits per heavy atom. The number of hydrogen-bond donors (Lipinski definition) is 0. The van der Waals surface area contributed by atoms with Gasteiger partial charge in [0.25, 0.3) is 0 Å². The second-order valence-electron chi connectivity index (χ2n) is 18.8.